The van der Waals surface area contributed by atoms with Gasteiger partial charge < -0.3 is 4.74 Å². The number of hydrogen-bond acceptors (Lipinski definition) is 7. The molecule has 4 rings (SSSR count). The van der Waals surface area contributed by atoms with Crippen molar-refractivity contribution in [3.05, 3.63) is 90.0 Å². The molecule has 4 aromatic rings. The Kier molecular flexibility index (Phi) is 7.92. The van der Waals surface area contributed by atoms with Crippen LogP contribution in [-0.4, -0.2) is 38.1 Å². The number of carbonyl (C=O) groups excluding carboxylic acids is 2. The van der Waals surface area contributed by atoms with Gasteiger partial charge in [0.2, 0.25) is 0 Å². The number of carbonyl (C=O) groups is 2. The van der Waals surface area contributed by atoms with Gasteiger partial charge in [-0.15, -0.1) is 10.2 Å². The SMILES string of the molecule is CC(=O)Oc1ccc(/C(C)=N/NC(=O)CSc2nnc(-c3ccc(C)cc3)n2-c2ccccc2)cc1. The number of aryl methyl sites for hydroxylation is 1. The largest absolute Gasteiger partial charge is 0.427 e. The number of ether oxygens (including phenoxy) is 1. The second-order valence-corrected chi connectivity index (χ2v) is 8.92. The van der Waals surface area contributed by atoms with Gasteiger partial charge in [0.1, 0.15) is 5.75 Å². The summed E-state index contributed by atoms with van der Waals surface area (Å²) in [6, 6.07) is 24.8. The average Bonchev–Trinajstić information content (AvgIpc) is 3.31. The summed E-state index contributed by atoms with van der Waals surface area (Å²) in [5, 5.41) is 13.6. The van der Waals surface area contributed by atoms with E-state index < -0.39 is 0 Å². The topological polar surface area (TPSA) is 98.5 Å². The number of rotatable bonds is 8. The number of nitrogens with one attached hydrogen (secondary N) is 1. The van der Waals surface area contributed by atoms with Crippen molar-refractivity contribution in [2.75, 3.05) is 5.75 Å². The van der Waals surface area contributed by atoms with Gasteiger partial charge in [0.25, 0.3) is 5.91 Å². The normalized spacial score (nSPS) is 11.2. The van der Waals surface area contributed by atoms with Gasteiger partial charge in [0.05, 0.1) is 11.5 Å². The van der Waals surface area contributed by atoms with Crippen molar-refractivity contribution in [3.8, 4) is 22.8 Å². The van der Waals surface area contributed by atoms with Crippen LogP contribution in [-0.2, 0) is 9.59 Å². The molecule has 1 heterocycles. The summed E-state index contributed by atoms with van der Waals surface area (Å²) in [6.07, 6.45) is 0. The first-order chi connectivity index (χ1) is 17.4. The van der Waals surface area contributed by atoms with Gasteiger partial charge in [0, 0.05) is 18.2 Å². The molecule has 8 nitrogen and oxygen atoms in total. The molecule has 0 bridgehead atoms. The lowest BCUT2D eigenvalue weighted by Gasteiger charge is -2.10. The van der Waals surface area contributed by atoms with Crippen LogP contribution in [0.15, 0.2) is 89.1 Å². The Morgan fingerprint density at radius 3 is 2.31 bits per heavy atom. The number of para-hydroxylation sites is 1. The average molecular weight is 500 g/mol. The summed E-state index contributed by atoms with van der Waals surface area (Å²) >= 11 is 1.28. The lowest BCUT2D eigenvalue weighted by atomic mass is 10.1. The van der Waals surface area contributed by atoms with E-state index in [-0.39, 0.29) is 17.6 Å². The molecular formula is C27H25N5O3S. The van der Waals surface area contributed by atoms with Crippen LogP contribution < -0.4 is 10.2 Å². The van der Waals surface area contributed by atoms with Crippen LogP contribution in [0.3, 0.4) is 0 Å². The summed E-state index contributed by atoms with van der Waals surface area (Å²) in [4.78, 5) is 23.6. The van der Waals surface area contributed by atoms with Crippen molar-refractivity contribution < 1.29 is 14.3 Å². The minimum atomic E-state index is -0.382. The van der Waals surface area contributed by atoms with Crippen LogP contribution >= 0.6 is 11.8 Å². The molecule has 1 aromatic heterocycles. The number of aromatic nitrogens is 3. The van der Waals surface area contributed by atoms with Gasteiger partial charge in [-0.2, -0.15) is 5.10 Å². The molecule has 1 N–H and O–H groups in total. The van der Waals surface area contributed by atoms with E-state index >= 15 is 0 Å². The summed E-state index contributed by atoms with van der Waals surface area (Å²) in [5.74, 6) is 0.616. The van der Waals surface area contributed by atoms with E-state index in [4.69, 9.17) is 4.74 Å². The van der Waals surface area contributed by atoms with Crippen molar-refractivity contribution in [1.82, 2.24) is 20.2 Å². The zero-order valence-electron chi connectivity index (χ0n) is 20.1. The van der Waals surface area contributed by atoms with Crippen LogP contribution in [0, 0.1) is 6.92 Å². The first-order valence-electron chi connectivity index (χ1n) is 11.2. The van der Waals surface area contributed by atoms with Gasteiger partial charge in [0.15, 0.2) is 11.0 Å². The minimum absolute atomic E-state index is 0.112. The Labute approximate surface area is 213 Å². The molecule has 0 saturated carbocycles. The van der Waals surface area contributed by atoms with E-state index in [1.807, 2.05) is 66.1 Å². The van der Waals surface area contributed by atoms with Crippen LogP contribution in [0.4, 0.5) is 0 Å². The van der Waals surface area contributed by atoms with Crippen molar-refractivity contribution in [1.29, 1.82) is 0 Å². The molecule has 0 aliphatic rings. The lowest BCUT2D eigenvalue weighted by Crippen LogP contribution is -2.21. The highest BCUT2D eigenvalue weighted by molar-refractivity contribution is 7.99. The van der Waals surface area contributed by atoms with Crippen molar-refractivity contribution >= 4 is 29.4 Å². The second-order valence-electron chi connectivity index (χ2n) is 7.98. The van der Waals surface area contributed by atoms with Crippen LogP contribution in [0.25, 0.3) is 17.1 Å². The molecule has 3 aromatic carbocycles. The Balaban J connectivity index is 1.45. The van der Waals surface area contributed by atoms with Crippen molar-refractivity contribution in [3.63, 3.8) is 0 Å². The van der Waals surface area contributed by atoms with Crippen molar-refractivity contribution in [2.24, 2.45) is 5.10 Å². The first-order valence-corrected chi connectivity index (χ1v) is 12.2. The number of thioether (sulfide) groups is 1. The fourth-order valence-electron chi connectivity index (χ4n) is 3.37. The number of hydrazone groups is 1. The van der Waals surface area contributed by atoms with Crippen molar-refractivity contribution in [2.45, 2.75) is 25.9 Å². The fraction of sp³-hybridized carbons (Fsp3) is 0.148. The van der Waals surface area contributed by atoms with E-state index in [0.29, 0.717) is 22.4 Å². The molecule has 0 saturated heterocycles. The third-order valence-corrected chi connectivity index (χ3v) is 6.10. The Morgan fingerprint density at radius 1 is 0.944 bits per heavy atom. The predicted octanol–water partition coefficient (Wildman–Crippen LogP) is 4.80. The maximum atomic E-state index is 12.5. The third-order valence-electron chi connectivity index (χ3n) is 5.17. The molecule has 0 aliphatic heterocycles. The van der Waals surface area contributed by atoms with Gasteiger partial charge in [-0.3, -0.25) is 14.2 Å². The van der Waals surface area contributed by atoms with Crippen LogP contribution in [0.2, 0.25) is 0 Å². The molecule has 0 spiro atoms. The maximum absolute atomic E-state index is 12.5. The molecule has 0 aliphatic carbocycles. The smallest absolute Gasteiger partial charge is 0.308 e. The predicted molar refractivity (Wildman–Crippen MR) is 140 cm³/mol. The zero-order valence-corrected chi connectivity index (χ0v) is 21.0. The standard InChI is InChI=1S/C27H25N5O3S/c1-18-9-11-22(12-10-18)26-30-31-27(32(26)23-7-5-4-6-8-23)36-17-25(34)29-28-19(2)21-13-15-24(16-14-21)35-20(3)33/h4-16H,17H2,1-3H3,(H,29,34)/b28-19+. The molecule has 9 heteroatoms. The maximum Gasteiger partial charge on any atom is 0.308 e. The molecule has 0 radical (unpaired) electrons. The molecular weight excluding hydrogens is 474 g/mol. The Morgan fingerprint density at radius 2 is 1.64 bits per heavy atom. The summed E-state index contributed by atoms with van der Waals surface area (Å²) < 4.78 is 6.98. The Hall–Kier alpha value is -4.24. The minimum Gasteiger partial charge on any atom is -0.427 e. The van der Waals surface area contributed by atoms with Gasteiger partial charge in [-0.05, 0) is 55.8 Å². The summed E-state index contributed by atoms with van der Waals surface area (Å²) in [5.41, 5.74) is 7.01. The third kappa shape index (κ3) is 6.25. The molecule has 36 heavy (non-hydrogen) atoms. The van der Waals surface area contributed by atoms with Gasteiger partial charge >= 0.3 is 5.97 Å². The summed E-state index contributed by atoms with van der Waals surface area (Å²) in [6.45, 7) is 5.17. The molecule has 0 fully saturated rings. The number of esters is 1. The van der Waals surface area contributed by atoms with Gasteiger partial charge in [-0.1, -0.05) is 59.8 Å². The quantitative estimate of drug-likeness (QED) is 0.123. The zero-order chi connectivity index (χ0) is 25.5. The molecule has 0 atom stereocenters. The monoisotopic (exact) mass is 499 g/mol. The van der Waals surface area contributed by atoms with Crippen LogP contribution in [0.1, 0.15) is 25.0 Å². The van der Waals surface area contributed by atoms with E-state index in [2.05, 4.69) is 20.7 Å². The first kappa shape index (κ1) is 24.9. The fourth-order valence-corrected chi connectivity index (χ4v) is 4.11. The van der Waals surface area contributed by atoms with E-state index in [1.54, 1.807) is 31.2 Å². The summed E-state index contributed by atoms with van der Waals surface area (Å²) in [7, 11) is 0. The van der Waals surface area contributed by atoms with E-state index in [0.717, 1.165) is 22.4 Å². The highest BCUT2D eigenvalue weighted by atomic mass is 32.2. The number of benzene rings is 3. The van der Waals surface area contributed by atoms with Crippen LogP contribution in [0.5, 0.6) is 5.75 Å². The highest BCUT2D eigenvalue weighted by Crippen LogP contribution is 2.28. The molecule has 182 valence electrons. The number of amides is 1. The Bertz CT molecular complexity index is 1380. The molecule has 0 unspecified atom stereocenters. The molecule has 1 amide bonds. The highest BCUT2D eigenvalue weighted by Gasteiger charge is 2.17. The number of hydrogen-bond donors (Lipinski definition) is 1. The second kappa shape index (κ2) is 11.5. The van der Waals surface area contributed by atoms with E-state index in [1.165, 1.54) is 18.7 Å². The number of nitrogens with zero attached hydrogens (tertiary/aromatic N) is 4. The van der Waals surface area contributed by atoms with Gasteiger partial charge in [-0.25, -0.2) is 5.43 Å². The van der Waals surface area contributed by atoms with E-state index in [9.17, 15) is 9.59 Å². The lowest BCUT2D eigenvalue weighted by molar-refractivity contribution is -0.131.